The average molecular weight is 357 g/mol. The van der Waals surface area contributed by atoms with Crippen molar-refractivity contribution in [3.8, 4) is 0 Å². The number of rotatable bonds is 5. The number of nitrogens with one attached hydrogen (secondary N) is 2. The molecule has 0 bridgehead atoms. The summed E-state index contributed by atoms with van der Waals surface area (Å²) in [5, 5.41) is 5.76. The fraction of sp³-hybridized carbons (Fsp3) is 0.500. The first kappa shape index (κ1) is 18.5. The molecule has 3 rings (SSSR count). The second-order valence-electron chi connectivity index (χ2n) is 6.84. The molecule has 6 nitrogen and oxygen atoms in total. The standard InChI is InChI=1S/C20H27N3O3/c1-3-26-19(24)17-16(13-23-11-7-4-8-12-23)21-20(25)22-18(17)15-10-6-5-9-14(15)2/h5-6,9-10,18H,3-4,7-8,11-13H2,1-2H3,(H2,21,22,25). The van der Waals surface area contributed by atoms with E-state index in [0.717, 1.165) is 37.1 Å². The van der Waals surface area contributed by atoms with Gasteiger partial charge in [0.25, 0.3) is 0 Å². The van der Waals surface area contributed by atoms with Crippen molar-refractivity contribution in [1.82, 2.24) is 15.5 Å². The summed E-state index contributed by atoms with van der Waals surface area (Å²) in [6.45, 7) is 6.60. The Morgan fingerprint density at radius 1 is 1.23 bits per heavy atom. The SMILES string of the molecule is CCOC(=O)C1=C(CN2CCCCC2)NC(=O)NC1c1ccccc1C. The lowest BCUT2D eigenvalue weighted by molar-refractivity contribution is -0.139. The van der Waals surface area contributed by atoms with Gasteiger partial charge < -0.3 is 15.4 Å². The van der Waals surface area contributed by atoms with Gasteiger partial charge in [-0.25, -0.2) is 9.59 Å². The highest BCUT2D eigenvalue weighted by molar-refractivity contribution is 5.95. The molecule has 2 aliphatic heterocycles. The predicted molar refractivity (Wildman–Crippen MR) is 99.5 cm³/mol. The molecule has 6 heteroatoms. The fourth-order valence-electron chi connectivity index (χ4n) is 3.68. The Bertz CT molecular complexity index is 708. The Morgan fingerprint density at radius 2 is 1.96 bits per heavy atom. The van der Waals surface area contributed by atoms with Crippen LogP contribution in [0.2, 0.25) is 0 Å². The van der Waals surface area contributed by atoms with E-state index in [1.165, 1.54) is 6.42 Å². The number of ether oxygens (including phenoxy) is 1. The van der Waals surface area contributed by atoms with Crippen LogP contribution >= 0.6 is 0 Å². The van der Waals surface area contributed by atoms with E-state index in [9.17, 15) is 9.59 Å². The van der Waals surface area contributed by atoms with Crippen molar-refractivity contribution in [2.75, 3.05) is 26.2 Å². The van der Waals surface area contributed by atoms with E-state index in [4.69, 9.17) is 4.74 Å². The number of esters is 1. The molecule has 2 aliphatic rings. The number of amides is 2. The Labute approximate surface area is 154 Å². The third-order valence-electron chi connectivity index (χ3n) is 4.98. The molecule has 0 saturated carbocycles. The lowest BCUT2D eigenvalue weighted by Gasteiger charge is -2.33. The van der Waals surface area contributed by atoms with Gasteiger partial charge in [-0.2, -0.15) is 0 Å². The number of hydrogen-bond donors (Lipinski definition) is 2. The Balaban J connectivity index is 2.00. The molecule has 1 unspecified atom stereocenters. The van der Waals surface area contributed by atoms with Gasteiger partial charge in [-0.05, 0) is 50.9 Å². The molecule has 2 N–H and O–H groups in total. The van der Waals surface area contributed by atoms with E-state index < -0.39 is 6.04 Å². The first-order valence-electron chi connectivity index (χ1n) is 9.35. The number of carbonyl (C=O) groups is 2. The van der Waals surface area contributed by atoms with Gasteiger partial charge in [0.1, 0.15) is 0 Å². The highest BCUT2D eigenvalue weighted by atomic mass is 16.5. The Morgan fingerprint density at radius 3 is 2.65 bits per heavy atom. The zero-order valence-electron chi connectivity index (χ0n) is 15.5. The molecule has 0 spiro atoms. The average Bonchev–Trinajstić information content (AvgIpc) is 2.62. The largest absolute Gasteiger partial charge is 0.463 e. The van der Waals surface area contributed by atoms with Gasteiger partial charge in [0.15, 0.2) is 0 Å². The van der Waals surface area contributed by atoms with Gasteiger partial charge in [-0.15, -0.1) is 0 Å². The summed E-state index contributed by atoms with van der Waals surface area (Å²) >= 11 is 0. The maximum Gasteiger partial charge on any atom is 0.338 e. The van der Waals surface area contributed by atoms with Gasteiger partial charge >= 0.3 is 12.0 Å². The third-order valence-corrected chi connectivity index (χ3v) is 4.98. The summed E-state index contributed by atoms with van der Waals surface area (Å²) in [6, 6.07) is 7.02. The zero-order chi connectivity index (χ0) is 18.5. The predicted octanol–water partition coefficient (Wildman–Crippen LogP) is 2.65. The zero-order valence-corrected chi connectivity index (χ0v) is 15.5. The molecule has 0 aliphatic carbocycles. The molecule has 1 aromatic carbocycles. The Hall–Kier alpha value is -2.34. The van der Waals surface area contributed by atoms with Crippen molar-refractivity contribution in [2.45, 2.75) is 39.2 Å². The minimum atomic E-state index is -0.496. The van der Waals surface area contributed by atoms with E-state index in [1.807, 2.05) is 31.2 Å². The number of benzene rings is 1. The minimum Gasteiger partial charge on any atom is -0.463 e. The van der Waals surface area contributed by atoms with Crippen LogP contribution in [0.4, 0.5) is 4.79 Å². The second kappa shape index (κ2) is 8.36. The van der Waals surface area contributed by atoms with Gasteiger partial charge in [0.2, 0.25) is 0 Å². The monoisotopic (exact) mass is 357 g/mol. The molecule has 1 fully saturated rings. The van der Waals surface area contributed by atoms with E-state index >= 15 is 0 Å². The molecule has 26 heavy (non-hydrogen) atoms. The molecular formula is C20H27N3O3. The molecule has 140 valence electrons. The van der Waals surface area contributed by atoms with Gasteiger partial charge in [-0.1, -0.05) is 30.7 Å². The Kier molecular flexibility index (Phi) is 5.93. The summed E-state index contributed by atoms with van der Waals surface area (Å²) < 4.78 is 5.32. The smallest absolute Gasteiger partial charge is 0.338 e. The van der Waals surface area contributed by atoms with Crippen LogP contribution in [0, 0.1) is 6.92 Å². The number of piperidine rings is 1. The van der Waals surface area contributed by atoms with Crippen LogP contribution in [0.5, 0.6) is 0 Å². The third kappa shape index (κ3) is 4.07. The van der Waals surface area contributed by atoms with Crippen LogP contribution in [-0.4, -0.2) is 43.1 Å². The topological polar surface area (TPSA) is 70.7 Å². The van der Waals surface area contributed by atoms with Crippen molar-refractivity contribution >= 4 is 12.0 Å². The maximum atomic E-state index is 12.8. The van der Waals surface area contributed by atoms with Crippen LogP contribution in [0.15, 0.2) is 35.5 Å². The molecule has 1 aromatic rings. The summed E-state index contributed by atoms with van der Waals surface area (Å²) in [5.41, 5.74) is 3.11. The van der Waals surface area contributed by atoms with E-state index in [1.54, 1.807) is 6.92 Å². The lowest BCUT2D eigenvalue weighted by atomic mass is 9.92. The number of likely N-dealkylation sites (tertiary alicyclic amines) is 1. The first-order valence-corrected chi connectivity index (χ1v) is 9.35. The summed E-state index contributed by atoms with van der Waals surface area (Å²) in [5.74, 6) is -0.375. The number of hydrogen-bond acceptors (Lipinski definition) is 4. The molecule has 1 saturated heterocycles. The summed E-state index contributed by atoms with van der Waals surface area (Å²) in [6.07, 6.45) is 3.53. The number of carbonyl (C=O) groups excluding carboxylic acids is 2. The van der Waals surface area contributed by atoms with Crippen molar-refractivity contribution in [3.05, 3.63) is 46.7 Å². The van der Waals surface area contributed by atoms with Crippen LogP contribution in [-0.2, 0) is 9.53 Å². The molecule has 0 radical (unpaired) electrons. The van der Waals surface area contributed by atoms with Crippen molar-refractivity contribution in [1.29, 1.82) is 0 Å². The van der Waals surface area contributed by atoms with Crippen LogP contribution in [0.25, 0.3) is 0 Å². The summed E-state index contributed by atoms with van der Waals surface area (Å²) in [4.78, 5) is 27.4. The lowest BCUT2D eigenvalue weighted by Crippen LogP contribution is -2.49. The second-order valence-corrected chi connectivity index (χ2v) is 6.84. The maximum absolute atomic E-state index is 12.8. The molecule has 0 aromatic heterocycles. The van der Waals surface area contributed by atoms with Gasteiger partial charge in [-0.3, -0.25) is 4.90 Å². The normalized spacial score (nSPS) is 21.2. The highest BCUT2D eigenvalue weighted by Crippen LogP contribution is 2.30. The van der Waals surface area contributed by atoms with E-state index in [0.29, 0.717) is 24.4 Å². The van der Waals surface area contributed by atoms with E-state index in [-0.39, 0.29) is 12.0 Å². The van der Waals surface area contributed by atoms with Crippen LogP contribution in [0.1, 0.15) is 43.4 Å². The molecule has 1 atom stereocenters. The van der Waals surface area contributed by atoms with Gasteiger partial charge in [0.05, 0.1) is 18.2 Å². The number of nitrogens with zero attached hydrogens (tertiary/aromatic N) is 1. The van der Waals surface area contributed by atoms with Gasteiger partial charge in [0, 0.05) is 12.2 Å². The minimum absolute atomic E-state index is 0.279. The van der Waals surface area contributed by atoms with Crippen molar-refractivity contribution < 1.29 is 14.3 Å². The van der Waals surface area contributed by atoms with Crippen molar-refractivity contribution in [2.24, 2.45) is 0 Å². The van der Waals surface area contributed by atoms with Crippen LogP contribution < -0.4 is 10.6 Å². The number of aryl methyl sites for hydroxylation is 1. The first-order chi connectivity index (χ1) is 12.6. The summed E-state index contributed by atoms with van der Waals surface area (Å²) in [7, 11) is 0. The highest BCUT2D eigenvalue weighted by Gasteiger charge is 2.34. The van der Waals surface area contributed by atoms with Crippen molar-refractivity contribution in [3.63, 3.8) is 0 Å². The van der Waals surface area contributed by atoms with E-state index in [2.05, 4.69) is 15.5 Å². The quantitative estimate of drug-likeness (QED) is 0.795. The number of urea groups is 1. The molecular weight excluding hydrogens is 330 g/mol. The molecule has 2 heterocycles. The molecule has 2 amide bonds. The van der Waals surface area contributed by atoms with Crippen LogP contribution in [0.3, 0.4) is 0 Å². The fourth-order valence-corrected chi connectivity index (χ4v) is 3.68.